The fourth-order valence-corrected chi connectivity index (χ4v) is 3.22. The molecular weight excluding hydrogens is 294 g/mol. The minimum atomic E-state index is 0.0923. The molecule has 0 radical (unpaired) electrons. The summed E-state index contributed by atoms with van der Waals surface area (Å²) in [4.78, 5) is 0. The Balaban J connectivity index is 1.81. The van der Waals surface area contributed by atoms with E-state index >= 15 is 0 Å². The molecule has 0 aromatic heterocycles. The summed E-state index contributed by atoms with van der Waals surface area (Å²) in [6.45, 7) is 1.70. The van der Waals surface area contributed by atoms with Crippen molar-refractivity contribution in [3.05, 3.63) is 28.2 Å². The van der Waals surface area contributed by atoms with Crippen molar-refractivity contribution < 1.29 is 9.47 Å². The maximum absolute atomic E-state index is 6.27. The third-order valence-corrected chi connectivity index (χ3v) is 4.42. The average Bonchev–Trinajstić information content (AvgIpc) is 2.39. The summed E-state index contributed by atoms with van der Waals surface area (Å²) >= 11 is 3.49. The molecule has 1 fully saturated rings. The first-order chi connectivity index (χ1) is 8.74. The van der Waals surface area contributed by atoms with Crippen LogP contribution in [0.3, 0.4) is 0 Å². The normalized spacial score (nSPS) is 28.6. The van der Waals surface area contributed by atoms with Crippen molar-refractivity contribution in [1.82, 2.24) is 0 Å². The Bertz CT molecular complexity index is 432. The summed E-state index contributed by atoms with van der Waals surface area (Å²) in [5, 5.41) is 0. The molecule has 2 aliphatic rings. The van der Waals surface area contributed by atoms with Crippen molar-refractivity contribution in [2.45, 2.75) is 31.4 Å². The summed E-state index contributed by atoms with van der Waals surface area (Å²) in [5.74, 6) is 1.52. The van der Waals surface area contributed by atoms with Gasteiger partial charge in [-0.1, -0.05) is 22.0 Å². The Morgan fingerprint density at radius 3 is 2.78 bits per heavy atom. The van der Waals surface area contributed by atoms with Gasteiger partial charge in [0, 0.05) is 41.6 Å². The molecule has 0 aliphatic carbocycles. The SMILES string of the molecule is NC1CC(C2CCOCC2)Oc2cc(Br)ccc21. The number of hydrogen-bond donors (Lipinski definition) is 1. The lowest BCUT2D eigenvalue weighted by molar-refractivity contribution is 0.00727. The van der Waals surface area contributed by atoms with E-state index in [2.05, 4.69) is 22.0 Å². The fourth-order valence-electron chi connectivity index (χ4n) is 2.88. The van der Waals surface area contributed by atoms with Gasteiger partial charge in [-0.15, -0.1) is 0 Å². The van der Waals surface area contributed by atoms with Crippen LogP contribution in [0.4, 0.5) is 0 Å². The van der Waals surface area contributed by atoms with Gasteiger partial charge in [-0.25, -0.2) is 0 Å². The number of rotatable bonds is 1. The Hall–Kier alpha value is -0.580. The second-order valence-corrected chi connectivity index (χ2v) is 6.05. The third-order valence-electron chi connectivity index (χ3n) is 3.93. The van der Waals surface area contributed by atoms with Crippen LogP contribution in [0.2, 0.25) is 0 Å². The van der Waals surface area contributed by atoms with Crippen LogP contribution in [0.5, 0.6) is 5.75 Å². The van der Waals surface area contributed by atoms with Crippen molar-refractivity contribution in [3.8, 4) is 5.75 Å². The standard InChI is InChI=1S/C14H18BrNO2/c15-10-1-2-11-12(16)8-13(18-14(11)7-10)9-3-5-17-6-4-9/h1-2,7,9,12-13H,3-6,8,16H2. The molecule has 1 saturated heterocycles. The smallest absolute Gasteiger partial charge is 0.125 e. The Morgan fingerprint density at radius 1 is 1.22 bits per heavy atom. The predicted octanol–water partition coefficient (Wildman–Crippen LogP) is 3.03. The zero-order valence-electron chi connectivity index (χ0n) is 10.3. The second kappa shape index (κ2) is 5.19. The molecule has 3 nitrogen and oxygen atoms in total. The van der Waals surface area contributed by atoms with Gasteiger partial charge in [0.05, 0.1) is 0 Å². The van der Waals surface area contributed by atoms with E-state index in [1.54, 1.807) is 0 Å². The van der Waals surface area contributed by atoms with E-state index < -0.39 is 0 Å². The van der Waals surface area contributed by atoms with Crippen LogP contribution in [-0.4, -0.2) is 19.3 Å². The molecular formula is C14H18BrNO2. The maximum atomic E-state index is 6.27. The summed E-state index contributed by atoms with van der Waals surface area (Å²) in [6.07, 6.45) is 3.33. The molecule has 2 atom stereocenters. The van der Waals surface area contributed by atoms with E-state index in [0.717, 1.165) is 48.3 Å². The molecule has 0 amide bonds. The minimum absolute atomic E-state index is 0.0923. The summed E-state index contributed by atoms with van der Waals surface area (Å²) in [5.41, 5.74) is 7.39. The molecule has 4 heteroatoms. The first-order valence-electron chi connectivity index (χ1n) is 6.53. The van der Waals surface area contributed by atoms with Gasteiger partial charge in [0.1, 0.15) is 11.9 Å². The third kappa shape index (κ3) is 2.42. The van der Waals surface area contributed by atoms with Gasteiger partial charge in [-0.3, -0.25) is 0 Å². The van der Waals surface area contributed by atoms with Crippen molar-refractivity contribution >= 4 is 15.9 Å². The van der Waals surface area contributed by atoms with Gasteiger partial charge in [0.25, 0.3) is 0 Å². The Kier molecular flexibility index (Phi) is 3.59. The van der Waals surface area contributed by atoms with E-state index in [9.17, 15) is 0 Å². The van der Waals surface area contributed by atoms with Gasteiger partial charge in [0.15, 0.2) is 0 Å². The first-order valence-corrected chi connectivity index (χ1v) is 7.33. The predicted molar refractivity (Wildman–Crippen MR) is 73.6 cm³/mol. The van der Waals surface area contributed by atoms with Gasteiger partial charge < -0.3 is 15.2 Å². The van der Waals surface area contributed by atoms with Gasteiger partial charge >= 0.3 is 0 Å². The molecule has 2 heterocycles. The van der Waals surface area contributed by atoms with E-state index in [1.165, 1.54) is 0 Å². The van der Waals surface area contributed by atoms with E-state index in [-0.39, 0.29) is 12.1 Å². The summed E-state index contributed by atoms with van der Waals surface area (Å²) in [7, 11) is 0. The molecule has 2 N–H and O–H groups in total. The van der Waals surface area contributed by atoms with Crippen molar-refractivity contribution in [3.63, 3.8) is 0 Å². The fraction of sp³-hybridized carbons (Fsp3) is 0.571. The van der Waals surface area contributed by atoms with E-state index in [0.29, 0.717) is 5.92 Å². The Labute approximate surface area is 116 Å². The highest BCUT2D eigenvalue weighted by Gasteiger charge is 2.32. The zero-order chi connectivity index (χ0) is 12.5. The highest BCUT2D eigenvalue weighted by Crippen LogP contribution is 2.39. The highest BCUT2D eigenvalue weighted by molar-refractivity contribution is 9.10. The molecule has 0 spiro atoms. The topological polar surface area (TPSA) is 44.5 Å². The van der Waals surface area contributed by atoms with Crippen molar-refractivity contribution in [2.24, 2.45) is 11.7 Å². The summed E-state index contributed by atoms with van der Waals surface area (Å²) in [6, 6.07) is 6.21. The number of ether oxygens (including phenoxy) is 2. The van der Waals surface area contributed by atoms with E-state index in [4.69, 9.17) is 15.2 Å². The summed E-state index contributed by atoms with van der Waals surface area (Å²) < 4.78 is 12.6. The number of fused-ring (bicyclic) bond motifs is 1. The molecule has 2 unspecified atom stereocenters. The quantitative estimate of drug-likeness (QED) is 0.867. The molecule has 2 aliphatic heterocycles. The van der Waals surface area contributed by atoms with Crippen molar-refractivity contribution in [1.29, 1.82) is 0 Å². The number of hydrogen-bond acceptors (Lipinski definition) is 3. The van der Waals surface area contributed by atoms with Crippen LogP contribution in [0, 0.1) is 5.92 Å². The van der Waals surface area contributed by atoms with Gasteiger partial charge in [-0.05, 0) is 25.0 Å². The van der Waals surface area contributed by atoms with Crippen LogP contribution in [0.15, 0.2) is 22.7 Å². The molecule has 1 aromatic rings. The molecule has 0 bridgehead atoms. The average molecular weight is 312 g/mol. The zero-order valence-corrected chi connectivity index (χ0v) is 11.9. The molecule has 18 heavy (non-hydrogen) atoms. The van der Waals surface area contributed by atoms with Crippen molar-refractivity contribution in [2.75, 3.05) is 13.2 Å². The number of halogens is 1. The molecule has 3 rings (SSSR count). The lowest BCUT2D eigenvalue weighted by Gasteiger charge is -2.36. The van der Waals surface area contributed by atoms with Crippen LogP contribution < -0.4 is 10.5 Å². The van der Waals surface area contributed by atoms with Gasteiger partial charge in [-0.2, -0.15) is 0 Å². The molecule has 1 aromatic carbocycles. The largest absolute Gasteiger partial charge is 0.490 e. The van der Waals surface area contributed by atoms with E-state index in [1.807, 2.05) is 12.1 Å². The number of nitrogens with two attached hydrogens (primary N) is 1. The monoisotopic (exact) mass is 311 g/mol. The van der Waals surface area contributed by atoms with Gasteiger partial charge in [0.2, 0.25) is 0 Å². The van der Waals surface area contributed by atoms with Crippen LogP contribution in [-0.2, 0) is 4.74 Å². The first kappa shape index (κ1) is 12.5. The van der Waals surface area contributed by atoms with Crippen LogP contribution in [0.1, 0.15) is 30.9 Å². The Morgan fingerprint density at radius 2 is 2.00 bits per heavy atom. The van der Waals surface area contributed by atoms with Crippen LogP contribution in [0.25, 0.3) is 0 Å². The number of benzene rings is 1. The maximum Gasteiger partial charge on any atom is 0.125 e. The second-order valence-electron chi connectivity index (χ2n) is 5.13. The lowest BCUT2D eigenvalue weighted by Crippen LogP contribution is -2.37. The molecule has 0 saturated carbocycles. The molecule has 98 valence electrons. The minimum Gasteiger partial charge on any atom is -0.490 e. The van der Waals surface area contributed by atoms with Crippen LogP contribution >= 0.6 is 15.9 Å². The highest BCUT2D eigenvalue weighted by atomic mass is 79.9. The lowest BCUT2D eigenvalue weighted by atomic mass is 9.86.